The maximum atomic E-state index is 8.88. The van der Waals surface area contributed by atoms with Gasteiger partial charge < -0.3 is 15.3 Å². The van der Waals surface area contributed by atoms with Crippen LogP contribution in [0.25, 0.3) is 0 Å². The van der Waals surface area contributed by atoms with E-state index in [2.05, 4.69) is 48.1 Å². The predicted molar refractivity (Wildman–Crippen MR) is 75.9 cm³/mol. The van der Waals surface area contributed by atoms with E-state index in [1.54, 1.807) is 0 Å². The van der Waals surface area contributed by atoms with Gasteiger partial charge in [-0.2, -0.15) is 0 Å². The second-order valence-electron chi connectivity index (χ2n) is 4.38. The molecule has 0 fully saturated rings. The van der Waals surface area contributed by atoms with Gasteiger partial charge in [0.2, 0.25) is 0 Å². The minimum absolute atomic E-state index is 0.236. The van der Waals surface area contributed by atoms with Crippen LogP contribution in [0.5, 0.6) is 0 Å². The minimum atomic E-state index is 0.236. The molecule has 4 heteroatoms. The van der Waals surface area contributed by atoms with Gasteiger partial charge in [-0.15, -0.1) is 0 Å². The lowest BCUT2D eigenvalue weighted by molar-refractivity contribution is 0.289. The van der Waals surface area contributed by atoms with Gasteiger partial charge in [0.1, 0.15) is 0 Å². The van der Waals surface area contributed by atoms with E-state index in [1.165, 1.54) is 0 Å². The third kappa shape index (κ3) is 4.27. The summed E-state index contributed by atoms with van der Waals surface area (Å²) >= 11 is 0. The predicted octanol–water partition coefficient (Wildman–Crippen LogP) is 1.96. The summed E-state index contributed by atoms with van der Waals surface area (Å²) in [6.45, 7) is 9.32. The van der Waals surface area contributed by atoms with Crippen LogP contribution in [-0.2, 0) is 0 Å². The zero-order chi connectivity index (χ0) is 13.4. The van der Waals surface area contributed by atoms with Crippen molar-refractivity contribution >= 4 is 5.69 Å². The Labute approximate surface area is 110 Å². The number of pyridine rings is 1. The van der Waals surface area contributed by atoms with E-state index in [4.69, 9.17) is 5.11 Å². The van der Waals surface area contributed by atoms with Crippen LogP contribution in [0.15, 0.2) is 18.3 Å². The lowest BCUT2D eigenvalue weighted by Gasteiger charge is -2.23. The molecule has 0 amide bonds. The summed E-state index contributed by atoms with van der Waals surface area (Å²) in [6.07, 6.45) is 2.72. The molecule has 1 rings (SSSR count). The summed E-state index contributed by atoms with van der Waals surface area (Å²) in [5.74, 6) is 0. The van der Waals surface area contributed by atoms with Crippen LogP contribution in [-0.4, -0.2) is 36.3 Å². The molecule has 0 aromatic carbocycles. The summed E-state index contributed by atoms with van der Waals surface area (Å²) in [6, 6.07) is 4.47. The summed E-state index contributed by atoms with van der Waals surface area (Å²) in [7, 11) is 0. The number of rotatable bonds is 8. The normalized spacial score (nSPS) is 12.4. The van der Waals surface area contributed by atoms with Gasteiger partial charge >= 0.3 is 0 Å². The highest BCUT2D eigenvalue weighted by Gasteiger charge is 2.07. The summed E-state index contributed by atoms with van der Waals surface area (Å²) in [4.78, 5) is 6.73. The third-order valence-electron chi connectivity index (χ3n) is 3.06. The molecule has 0 bridgehead atoms. The van der Waals surface area contributed by atoms with Crippen LogP contribution < -0.4 is 10.2 Å². The van der Waals surface area contributed by atoms with Gasteiger partial charge in [-0.1, -0.05) is 6.92 Å². The first-order valence-electron chi connectivity index (χ1n) is 6.78. The molecule has 4 nitrogen and oxygen atoms in total. The molecule has 0 aliphatic heterocycles. The summed E-state index contributed by atoms with van der Waals surface area (Å²) < 4.78 is 0. The highest BCUT2D eigenvalue weighted by atomic mass is 16.3. The second kappa shape index (κ2) is 8.06. The number of hydrogen-bond donors (Lipinski definition) is 2. The molecule has 18 heavy (non-hydrogen) atoms. The lowest BCUT2D eigenvalue weighted by atomic mass is 10.2. The Balaban J connectivity index is 2.68. The molecule has 1 aromatic heterocycles. The fourth-order valence-electron chi connectivity index (χ4n) is 1.98. The van der Waals surface area contributed by atoms with Crippen molar-refractivity contribution in [1.82, 2.24) is 10.3 Å². The quantitative estimate of drug-likeness (QED) is 0.741. The van der Waals surface area contributed by atoms with Gasteiger partial charge in [-0.25, -0.2) is 0 Å². The van der Waals surface area contributed by atoms with Crippen LogP contribution in [0.2, 0.25) is 0 Å². The average molecular weight is 251 g/mol. The molecule has 1 aromatic rings. The fraction of sp³-hybridized carbons (Fsp3) is 0.643. The Morgan fingerprint density at radius 2 is 2.17 bits per heavy atom. The first-order valence-corrected chi connectivity index (χ1v) is 6.78. The van der Waals surface area contributed by atoms with Crippen molar-refractivity contribution in [1.29, 1.82) is 0 Å². The molecule has 1 atom stereocenters. The number of anilines is 1. The van der Waals surface area contributed by atoms with E-state index in [0.29, 0.717) is 0 Å². The smallest absolute Gasteiger partial charge is 0.0572 e. The molecule has 0 aliphatic carbocycles. The van der Waals surface area contributed by atoms with Crippen LogP contribution in [0, 0.1) is 0 Å². The average Bonchev–Trinajstić information content (AvgIpc) is 2.40. The Bertz CT molecular complexity index is 326. The van der Waals surface area contributed by atoms with Crippen molar-refractivity contribution in [2.75, 3.05) is 31.1 Å². The van der Waals surface area contributed by atoms with Crippen molar-refractivity contribution in [3.63, 3.8) is 0 Å². The van der Waals surface area contributed by atoms with Crippen molar-refractivity contribution in [3.05, 3.63) is 24.0 Å². The molecule has 102 valence electrons. The second-order valence-corrected chi connectivity index (χ2v) is 4.38. The van der Waals surface area contributed by atoms with Gasteiger partial charge in [-0.05, 0) is 38.9 Å². The lowest BCUT2D eigenvalue weighted by Crippen LogP contribution is -2.25. The molecule has 0 aliphatic rings. The molecule has 0 saturated heterocycles. The number of aliphatic hydroxyl groups excluding tert-OH is 1. The Morgan fingerprint density at radius 3 is 2.67 bits per heavy atom. The topological polar surface area (TPSA) is 48.4 Å². The fourth-order valence-corrected chi connectivity index (χ4v) is 1.98. The van der Waals surface area contributed by atoms with Crippen LogP contribution in [0.3, 0.4) is 0 Å². The Kier molecular flexibility index (Phi) is 6.68. The van der Waals surface area contributed by atoms with E-state index < -0.39 is 0 Å². The van der Waals surface area contributed by atoms with Gasteiger partial charge in [0.25, 0.3) is 0 Å². The summed E-state index contributed by atoms with van der Waals surface area (Å²) in [5, 5.41) is 12.2. The molecule has 2 N–H and O–H groups in total. The zero-order valence-corrected chi connectivity index (χ0v) is 11.7. The van der Waals surface area contributed by atoms with Gasteiger partial charge in [-0.3, -0.25) is 4.98 Å². The maximum absolute atomic E-state index is 8.88. The maximum Gasteiger partial charge on any atom is 0.0572 e. The summed E-state index contributed by atoms with van der Waals surface area (Å²) in [5.41, 5.74) is 2.19. The number of aliphatic hydroxyl groups is 1. The van der Waals surface area contributed by atoms with E-state index >= 15 is 0 Å². The Hall–Kier alpha value is -1.13. The SMILES string of the molecule is CCNC(C)c1ccc(N(CC)CCCO)cn1. The van der Waals surface area contributed by atoms with Crippen LogP contribution >= 0.6 is 0 Å². The standard InChI is InChI=1S/C14H25N3O/c1-4-15-12(3)14-8-7-13(11-16-14)17(5-2)9-6-10-18/h7-8,11-12,15,18H,4-6,9-10H2,1-3H3. The largest absolute Gasteiger partial charge is 0.396 e. The molecule has 0 spiro atoms. The van der Waals surface area contributed by atoms with E-state index in [9.17, 15) is 0 Å². The van der Waals surface area contributed by atoms with Gasteiger partial charge in [0, 0.05) is 25.7 Å². The molecule has 0 saturated carbocycles. The number of aromatic nitrogens is 1. The van der Waals surface area contributed by atoms with Crippen molar-refractivity contribution in [2.24, 2.45) is 0 Å². The number of hydrogen-bond acceptors (Lipinski definition) is 4. The number of nitrogens with one attached hydrogen (secondary N) is 1. The monoisotopic (exact) mass is 251 g/mol. The number of nitrogens with zero attached hydrogens (tertiary/aromatic N) is 2. The molecule has 1 unspecified atom stereocenters. The van der Waals surface area contributed by atoms with Crippen LogP contribution in [0.4, 0.5) is 5.69 Å². The first kappa shape index (κ1) is 14.9. The van der Waals surface area contributed by atoms with E-state index in [1.807, 2.05) is 6.20 Å². The van der Waals surface area contributed by atoms with Crippen molar-refractivity contribution in [3.8, 4) is 0 Å². The highest BCUT2D eigenvalue weighted by Crippen LogP contribution is 2.16. The van der Waals surface area contributed by atoms with Crippen molar-refractivity contribution in [2.45, 2.75) is 33.2 Å². The Morgan fingerprint density at radius 1 is 1.39 bits per heavy atom. The third-order valence-corrected chi connectivity index (χ3v) is 3.06. The van der Waals surface area contributed by atoms with Crippen molar-refractivity contribution < 1.29 is 5.11 Å². The zero-order valence-electron chi connectivity index (χ0n) is 11.7. The highest BCUT2D eigenvalue weighted by molar-refractivity contribution is 5.44. The molecular weight excluding hydrogens is 226 g/mol. The first-order chi connectivity index (χ1) is 8.72. The minimum Gasteiger partial charge on any atom is -0.396 e. The molecule has 1 heterocycles. The van der Waals surface area contributed by atoms with Crippen LogP contribution in [0.1, 0.15) is 38.9 Å². The molecular formula is C14H25N3O. The van der Waals surface area contributed by atoms with Gasteiger partial charge in [0.15, 0.2) is 0 Å². The van der Waals surface area contributed by atoms with Gasteiger partial charge in [0.05, 0.1) is 17.6 Å². The van der Waals surface area contributed by atoms with E-state index in [0.717, 1.165) is 37.4 Å². The molecule has 0 radical (unpaired) electrons. The van der Waals surface area contributed by atoms with E-state index in [-0.39, 0.29) is 12.6 Å².